The highest BCUT2D eigenvalue weighted by Crippen LogP contribution is 2.07. The minimum atomic E-state index is -0.831. The van der Waals surface area contributed by atoms with Gasteiger partial charge in [0.25, 0.3) is 0 Å². The Kier molecular flexibility index (Phi) is 2.89. The number of ether oxygens (including phenoxy) is 1. The molecule has 0 aliphatic heterocycles. The zero-order valence-electron chi connectivity index (χ0n) is 6.88. The molecule has 0 saturated heterocycles. The Morgan fingerprint density at radius 3 is 2.92 bits per heavy atom. The monoisotopic (exact) mass is 187 g/mol. The fraction of sp³-hybridized carbons (Fsp3) is 0.250. The van der Waals surface area contributed by atoms with E-state index < -0.39 is 17.7 Å². The van der Waals surface area contributed by atoms with E-state index >= 15 is 0 Å². The second-order valence-corrected chi connectivity index (χ2v) is 2.38. The van der Waals surface area contributed by atoms with Crippen molar-refractivity contribution >= 4 is 5.97 Å². The van der Waals surface area contributed by atoms with Gasteiger partial charge in [0.05, 0.1) is 6.20 Å². The first-order valence-corrected chi connectivity index (χ1v) is 3.53. The lowest BCUT2D eigenvalue weighted by molar-refractivity contribution is -0.142. The molecule has 0 aromatic carbocycles. The van der Waals surface area contributed by atoms with Crippen LogP contribution in [-0.4, -0.2) is 11.0 Å². The van der Waals surface area contributed by atoms with Crippen molar-refractivity contribution in [2.24, 2.45) is 0 Å². The lowest BCUT2D eigenvalue weighted by atomic mass is 10.3. The van der Waals surface area contributed by atoms with E-state index in [1.165, 1.54) is 6.92 Å². The smallest absolute Gasteiger partial charge is 0.302 e. The van der Waals surface area contributed by atoms with E-state index in [0.717, 1.165) is 12.3 Å². The Morgan fingerprint density at radius 2 is 2.31 bits per heavy atom. The van der Waals surface area contributed by atoms with Crippen LogP contribution in [0.4, 0.5) is 8.78 Å². The van der Waals surface area contributed by atoms with Gasteiger partial charge < -0.3 is 4.74 Å². The predicted molar refractivity (Wildman–Crippen MR) is 39.6 cm³/mol. The summed E-state index contributed by atoms with van der Waals surface area (Å²) in [5.41, 5.74) is -0.0739. The minimum absolute atomic E-state index is 0.0739. The lowest BCUT2D eigenvalue weighted by Gasteiger charge is -2.02. The van der Waals surface area contributed by atoms with Gasteiger partial charge in [0.1, 0.15) is 12.4 Å². The topological polar surface area (TPSA) is 39.2 Å². The van der Waals surface area contributed by atoms with Crippen molar-refractivity contribution in [3.8, 4) is 0 Å². The highest BCUT2D eigenvalue weighted by molar-refractivity contribution is 5.65. The summed E-state index contributed by atoms with van der Waals surface area (Å²) in [5.74, 6) is -2.05. The van der Waals surface area contributed by atoms with E-state index in [9.17, 15) is 13.6 Å². The molecule has 0 N–H and O–H groups in total. The van der Waals surface area contributed by atoms with E-state index in [2.05, 4.69) is 9.72 Å². The molecule has 0 amide bonds. The Labute approximate surface area is 73.4 Å². The molecule has 0 aliphatic carbocycles. The number of carbonyl (C=O) groups excluding carboxylic acids is 1. The number of pyridine rings is 1. The molecule has 0 radical (unpaired) electrons. The van der Waals surface area contributed by atoms with Crippen molar-refractivity contribution in [1.29, 1.82) is 0 Å². The average molecular weight is 187 g/mol. The number of hydrogen-bond acceptors (Lipinski definition) is 3. The van der Waals surface area contributed by atoms with Crippen LogP contribution in [0.1, 0.15) is 12.5 Å². The third-order valence-electron chi connectivity index (χ3n) is 1.31. The molecule has 0 atom stereocenters. The third kappa shape index (κ3) is 2.77. The van der Waals surface area contributed by atoms with Gasteiger partial charge in [-0.2, -0.15) is 4.39 Å². The number of esters is 1. The fourth-order valence-electron chi connectivity index (χ4n) is 0.745. The van der Waals surface area contributed by atoms with Gasteiger partial charge in [0.15, 0.2) is 0 Å². The normalized spacial score (nSPS) is 9.77. The molecular weight excluding hydrogens is 180 g/mol. The Hall–Kier alpha value is -1.52. The second-order valence-electron chi connectivity index (χ2n) is 2.38. The molecule has 1 aromatic rings. The first-order valence-electron chi connectivity index (χ1n) is 3.53. The van der Waals surface area contributed by atoms with Crippen LogP contribution >= 0.6 is 0 Å². The van der Waals surface area contributed by atoms with Crippen LogP contribution in [0.5, 0.6) is 0 Å². The maximum absolute atomic E-state index is 12.8. The zero-order valence-corrected chi connectivity index (χ0v) is 6.88. The summed E-state index contributed by atoms with van der Waals surface area (Å²) in [6.07, 6.45) is 0.757. The van der Waals surface area contributed by atoms with Crippen LogP contribution in [0.2, 0.25) is 0 Å². The van der Waals surface area contributed by atoms with Crippen molar-refractivity contribution in [2.45, 2.75) is 13.5 Å². The summed E-state index contributed by atoms with van der Waals surface area (Å²) < 4.78 is 29.7. The standard InChI is InChI=1S/C8H7F2NO2/c1-5(12)13-4-6-2-7(9)3-11-8(6)10/h2-3H,4H2,1H3. The molecule has 70 valence electrons. The molecule has 0 unspecified atom stereocenters. The minimum Gasteiger partial charge on any atom is -0.461 e. The number of rotatable bonds is 2. The number of hydrogen-bond donors (Lipinski definition) is 0. The van der Waals surface area contributed by atoms with Gasteiger partial charge in [-0.05, 0) is 6.07 Å². The first kappa shape index (κ1) is 9.57. The average Bonchev–Trinajstić information content (AvgIpc) is 2.06. The van der Waals surface area contributed by atoms with Crippen molar-refractivity contribution in [1.82, 2.24) is 4.98 Å². The van der Waals surface area contributed by atoms with Crippen molar-refractivity contribution < 1.29 is 18.3 Å². The highest BCUT2D eigenvalue weighted by atomic mass is 19.1. The van der Waals surface area contributed by atoms with Crippen LogP contribution in [0, 0.1) is 11.8 Å². The van der Waals surface area contributed by atoms with E-state index in [1.54, 1.807) is 0 Å². The predicted octanol–water partition coefficient (Wildman–Crippen LogP) is 1.42. The van der Waals surface area contributed by atoms with Gasteiger partial charge >= 0.3 is 5.97 Å². The SMILES string of the molecule is CC(=O)OCc1cc(F)cnc1F. The molecule has 13 heavy (non-hydrogen) atoms. The summed E-state index contributed by atoms with van der Waals surface area (Å²) in [6, 6.07) is 0.936. The van der Waals surface area contributed by atoms with Crippen molar-refractivity contribution in [2.75, 3.05) is 0 Å². The maximum Gasteiger partial charge on any atom is 0.302 e. The molecule has 1 heterocycles. The molecule has 0 aliphatic rings. The summed E-state index contributed by atoms with van der Waals surface area (Å²) in [4.78, 5) is 13.5. The van der Waals surface area contributed by atoms with Crippen LogP contribution < -0.4 is 0 Å². The van der Waals surface area contributed by atoms with E-state index in [4.69, 9.17) is 0 Å². The number of halogens is 2. The molecule has 0 spiro atoms. The molecule has 0 saturated carbocycles. The van der Waals surface area contributed by atoms with Gasteiger partial charge in [-0.25, -0.2) is 9.37 Å². The molecule has 0 bridgehead atoms. The zero-order chi connectivity index (χ0) is 9.84. The van der Waals surface area contributed by atoms with Crippen molar-refractivity contribution in [3.63, 3.8) is 0 Å². The number of nitrogens with zero attached hydrogens (tertiary/aromatic N) is 1. The Bertz CT molecular complexity index is 328. The molecule has 3 nitrogen and oxygen atoms in total. The summed E-state index contributed by atoms with van der Waals surface area (Å²) >= 11 is 0. The van der Waals surface area contributed by atoms with E-state index in [-0.39, 0.29) is 12.2 Å². The third-order valence-corrected chi connectivity index (χ3v) is 1.31. The number of aromatic nitrogens is 1. The lowest BCUT2D eigenvalue weighted by Crippen LogP contribution is -2.02. The molecular formula is C8H7F2NO2. The molecule has 5 heteroatoms. The molecule has 1 aromatic heterocycles. The highest BCUT2D eigenvalue weighted by Gasteiger charge is 2.06. The summed E-state index contributed by atoms with van der Waals surface area (Å²) in [7, 11) is 0. The van der Waals surface area contributed by atoms with Crippen LogP contribution in [0.15, 0.2) is 12.3 Å². The van der Waals surface area contributed by atoms with Crippen LogP contribution in [-0.2, 0) is 16.1 Å². The van der Waals surface area contributed by atoms with Gasteiger partial charge in [0.2, 0.25) is 5.95 Å². The Balaban J connectivity index is 2.75. The van der Waals surface area contributed by atoms with Crippen LogP contribution in [0.25, 0.3) is 0 Å². The quantitative estimate of drug-likeness (QED) is 0.519. The van der Waals surface area contributed by atoms with Crippen molar-refractivity contribution in [3.05, 3.63) is 29.6 Å². The first-order chi connectivity index (χ1) is 6.09. The molecule has 0 fully saturated rings. The Morgan fingerprint density at radius 1 is 1.62 bits per heavy atom. The maximum atomic E-state index is 12.8. The van der Waals surface area contributed by atoms with Crippen LogP contribution in [0.3, 0.4) is 0 Å². The van der Waals surface area contributed by atoms with Gasteiger partial charge in [0, 0.05) is 12.5 Å². The summed E-state index contributed by atoms with van der Waals surface area (Å²) in [5, 5.41) is 0. The fourth-order valence-corrected chi connectivity index (χ4v) is 0.745. The van der Waals surface area contributed by atoms with Gasteiger partial charge in [-0.15, -0.1) is 0 Å². The second kappa shape index (κ2) is 3.93. The van der Waals surface area contributed by atoms with Gasteiger partial charge in [-0.3, -0.25) is 4.79 Å². The molecule has 1 rings (SSSR count). The number of carbonyl (C=O) groups is 1. The van der Waals surface area contributed by atoms with E-state index in [0.29, 0.717) is 0 Å². The largest absolute Gasteiger partial charge is 0.461 e. The summed E-state index contributed by atoms with van der Waals surface area (Å²) in [6.45, 7) is 0.885. The van der Waals surface area contributed by atoms with E-state index in [1.807, 2.05) is 0 Å². The van der Waals surface area contributed by atoms with Gasteiger partial charge in [-0.1, -0.05) is 0 Å².